The topological polar surface area (TPSA) is 84.2 Å². The van der Waals surface area contributed by atoms with Crippen LogP contribution in [0.2, 0.25) is 5.02 Å². The summed E-state index contributed by atoms with van der Waals surface area (Å²) in [5.41, 5.74) is 6.25. The predicted molar refractivity (Wildman–Crippen MR) is 66.9 cm³/mol. The smallest absolute Gasteiger partial charge is 0.254 e. The van der Waals surface area contributed by atoms with Gasteiger partial charge in [0.25, 0.3) is 5.91 Å². The Hall–Kier alpha value is -1.75. The van der Waals surface area contributed by atoms with Crippen molar-refractivity contribution in [3.05, 3.63) is 28.8 Å². The average Bonchev–Trinajstić information content (AvgIpc) is 2.24. The van der Waals surface area contributed by atoms with Gasteiger partial charge in [0.1, 0.15) is 0 Å². The third-order valence-electron chi connectivity index (χ3n) is 2.06. The number of anilines is 1. The Kier molecular flexibility index (Phi) is 4.78. The molecule has 1 aromatic carbocycles. The van der Waals surface area contributed by atoms with E-state index in [1.54, 1.807) is 18.2 Å². The Morgan fingerprint density at radius 2 is 1.94 bits per heavy atom. The van der Waals surface area contributed by atoms with Gasteiger partial charge in [0.15, 0.2) is 0 Å². The van der Waals surface area contributed by atoms with Gasteiger partial charge >= 0.3 is 0 Å². The molecule has 5 nitrogen and oxygen atoms in total. The van der Waals surface area contributed by atoms with Gasteiger partial charge in [-0.2, -0.15) is 0 Å². The Morgan fingerprint density at radius 1 is 1.29 bits per heavy atom. The first-order valence-electron chi connectivity index (χ1n) is 5.09. The fourth-order valence-corrected chi connectivity index (χ4v) is 1.55. The number of hydrogen-bond donors (Lipinski definition) is 3. The molecule has 0 atom stereocenters. The molecule has 1 aromatic rings. The van der Waals surface area contributed by atoms with Crippen LogP contribution < -0.4 is 16.4 Å². The van der Waals surface area contributed by atoms with E-state index in [1.165, 1.54) is 6.92 Å². The first-order chi connectivity index (χ1) is 8.02. The number of nitrogens with two attached hydrogens (primary N) is 1. The summed E-state index contributed by atoms with van der Waals surface area (Å²) in [4.78, 5) is 22.3. The SMILES string of the molecule is CC(=O)NCCNC(=O)c1c(N)cccc1Cl. The highest BCUT2D eigenvalue weighted by Crippen LogP contribution is 2.21. The minimum Gasteiger partial charge on any atom is -0.398 e. The van der Waals surface area contributed by atoms with Crippen LogP contribution in [0.4, 0.5) is 5.69 Å². The summed E-state index contributed by atoms with van der Waals surface area (Å²) in [6.45, 7) is 2.10. The van der Waals surface area contributed by atoms with E-state index in [0.717, 1.165) is 0 Å². The maximum Gasteiger partial charge on any atom is 0.254 e. The van der Waals surface area contributed by atoms with Crippen molar-refractivity contribution in [1.82, 2.24) is 10.6 Å². The standard InChI is InChI=1S/C11H14ClN3O2/c1-7(16)14-5-6-15-11(17)10-8(12)3-2-4-9(10)13/h2-4H,5-6,13H2,1H3,(H,14,16)(H,15,17). The molecule has 92 valence electrons. The zero-order valence-corrected chi connectivity index (χ0v) is 10.2. The highest BCUT2D eigenvalue weighted by atomic mass is 35.5. The van der Waals surface area contributed by atoms with Crippen molar-refractivity contribution in [2.45, 2.75) is 6.92 Å². The number of carbonyl (C=O) groups is 2. The Balaban J connectivity index is 2.55. The normalized spacial score (nSPS) is 9.76. The van der Waals surface area contributed by atoms with Crippen LogP contribution in [0, 0.1) is 0 Å². The Morgan fingerprint density at radius 3 is 2.53 bits per heavy atom. The molecule has 0 saturated carbocycles. The van der Waals surface area contributed by atoms with Gasteiger partial charge in [0, 0.05) is 25.7 Å². The fraction of sp³-hybridized carbons (Fsp3) is 0.273. The van der Waals surface area contributed by atoms with E-state index in [1.807, 2.05) is 0 Å². The van der Waals surface area contributed by atoms with Crippen molar-refractivity contribution < 1.29 is 9.59 Å². The second kappa shape index (κ2) is 6.10. The van der Waals surface area contributed by atoms with Crippen molar-refractivity contribution in [3.63, 3.8) is 0 Å². The van der Waals surface area contributed by atoms with Gasteiger partial charge in [-0.1, -0.05) is 17.7 Å². The van der Waals surface area contributed by atoms with Gasteiger partial charge < -0.3 is 16.4 Å². The quantitative estimate of drug-likeness (QED) is 0.549. The number of carbonyl (C=O) groups excluding carboxylic acids is 2. The molecule has 0 bridgehead atoms. The minimum absolute atomic E-state index is 0.142. The van der Waals surface area contributed by atoms with Crippen molar-refractivity contribution >= 4 is 29.1 Å². The van der Waals surface area contributed by atoms with Gasteiger partial charge in [0.05, 0.1) is 10.6 Å². The molecule has 17 heavy (non-hydrogen) atoms. The fourth-order valence-electron chi connectivity index (χ4n) is 1.28. The van der Waals surface area contributed by atoms with E-state index in [2.05, 4.69) is 10.6 Å². The van der Waals surface area contributed by atoms with E-state index in [-0.39, 0.29) is 17.4 Å². The van der Waals surface area contributed by atoms with Crippen molar-refractivity contribution in [2.75, 3.05) is 18.8 Å². The van der Waals surface area contributed by atoms with Crippen LogP contribution in [0.5, 0.6) is 0 Å². The molecular formula is C11H14ClN3O2. The van der Waals surface area contributed by atoms with E-state index in [0.29, 0.717) is 23.8 Å². The van der Waals surface area contributed by atoms with Gasteiger partial charge in [-0.3, -0.25) is 9.59 Å². The second-order valence-corrected chi connectivity index (χ2v) is 3.85. The van der Waals surface area contributed by atoms with Crippen LogP contribution >= 0.6 is 11.6 Å². The van der Waals surface area contributed by atoms with Gasteiger partial charge in [-0.25, -0.2) is 0 Å². The minimum atomic E-state index is -0.349. The number of nitrogens with one attached hydrogen (secondary N) is 2. The molecule has 1 rings (SSSR count). The van der Waals surface area contributed by atoms with E-state index >= 15 is 0 Å². The highest BCUT2D eigenvalue weighted by Gasteiger charge is 2.12. The third kappa shape index (κ3) is 3.96. The summed E-state index contributed by atoms with van der Waals surface area (Å²) < 4.78 is 0. The molecule has 0 radical (unpaired) electrons. The van der Waals surface area contributed by atoms with Crippen LogP contribution in [0.15, 0.2) is 18.2 Å². The lowest BCUT2D eigenvalue weighted by Crippen LogP contribution is -2.34. The second-order valence-electron chi connectivity index (χ2n) is 3.44. The maximum atomic E-state index is 11.7. The molecule has 0 aliphatic heterocycles. The maximum absolute atomic E-state index is 11.7. The predicted octanol–water partition coefficient (Wildman–Crippen LogP) is 0.788. The molecular weight excluding hydrogens is 242 g/mol. The molecule has 0 aromatic heterocycles. The summed E-state index contributed by atoms with van der Waals surface area (Å²) in [5.74, 6) is -0.491. The molecule has 2 amide bonds. The Bertz CT molecular complexity index is 414. The molecule has 0 aliphatic rings. The molecule has 0 fully saturated rings. The first kappa shape index (κ1) is 13.3. The summed E-state index contributed by atoms with van der Waals surface area (Å²) in [5, 5.41) is 5.49. The molecule has 4 N–H and O–H groups in total. The average molecular weight is 256 g/mol. The van der Waals surface area contributed by atoms with Crippen LogP contribution in [-0.4, -0.2) is 24.9 Å². The van der Waals surface area contributed by atoms with Crippen molar-refractivity contribution in [3.8, 4) is 0 Å². The third-order valence-corrected chi connectivity index (χ3v) is 2.37. The molecule has 0 saturated heterocycles. The van der Waals surface area contributed by atoms with Crippen LogP contribution in [0.25, 0.3) is 0 Å². The van der Waals surface area contributed by atoms with Gasteiger partial charge in [-0.05, 0) is 12.1 Å². The van der Waals surface area contributed by atoms with Crippen LogP contribution in [0.3, 0.4) is 0 Å². The largest absolute Gasteiger partial charge is 0.398 e. The zero-order chi connectivity index (χ0) is 12.8. The van der Waals surface area contributed by atoms with Crippen molar-refractivity contribution in [2.24, 2.45) is 0 Å². The number of rotatable bonds is 4. The lowest BCUT2D eigenvalue weighted by atomic mass is 10.1. The monoisotopic (exact) mass is 255 g/mol. The molecule has 0 spiro atoms. The summed E-state index contributed by atoms with van der Waals surface area (Å²) >= 11 is 5.88. The summed E-state index contributed by atoms with van der Waals surface area (Å²) in [6, 6.07) is 4.88. The van der Waals surface area contributed by atoms with Crippen LogP contribution in [0.1, 0.15) is 17.3 Å². The van der Waals surface area contributed by atoms with E-state index in [9.17, 15) is 9.59 Å². The molecule has 0 aliphatic carbocycles. The molecule has 6 heteroatoms. The van der Waals surface area contributed by atoms with E-state index < -0.39 is 0 Å². The summed E-state index contributed by atoms with van der Waals surface area (Å²) in [6.07, 6.45) is 0. The molecule has 0 heterocycles. The van der Waals surface area contributed by atoms with Crippen LogP contribution in [-0.2, 0) is 4.79 Å². The zero-order valence-electron chi connectivity index (χ0n) is 9.42. The lowest BCUT2D eigenvalue weighted by molar-refractivity contribution is -0.118. The summed E-state index contributed by atoms with van der Waals surface area (Å²) in [7, 11) is 0. The van der Waals surface area contributed by atoms with Gasteiger partial charge in [-0.15, -0.1) is 0 Å². The number of hydrogen-bond acceptors (Lipinski definition) is 3. The lowest BCUT2D eigenvalue weighted by Gasteiger charge is -2.09. The highest BCUT2D eigenvalue weighted by molar-refractivity contribution is 6.34. The Labute approximate surface area is 104 Å². The number of nitrogen functional groups attached to an aromatic ring is 1. The number of amides is 2. The first-order valence-corrected chi connectivity index (χ1v) is 5.46. The number of benzene rings is 1. The van der Waals surface area contributed by atoms with Gasteiger partial charge in [0.2, 0.25) is 5.91 Å². The number of halogens is 1. The van der Waals surface area contributed by atoms with E-state index in [4.69, 9.17) is 17.3 Å². The van der Waals surface area contributed by atoms with Crippen molar-refractivity contribution in [1.29, 1.82) is 0 Å². The molecule has 0 unspecified atom stereocenters.